The molecule has 0 atom stereocenters. The van der Waals surface area contributed by atoms with Crippen LogP contribution in [0.15, 0.2) is 41.3 Å². The van der Waals surface area contributed by atoms with Gasteiger partial charge < -0.3 is 4.98 Å². The van der Waals surface area contributed by atoms with Crippen molar-refractivity contribution in [1.82, 2.24) is 15.0 Å². The van der Waals surface area contributed by atoms with E-state index in [4.69, 9.17) is 12.2 Å². The Labute approximate surface area is 114 Å². The Kier molecular flexibility index (Phi) is 2.76. The molecular formula is C14H11N3OS. The van der Waals surface area contributed by atoms with Gasteiger partial charge in [-0.25, -0.2) is 4.98 Å². The summed E-state index contributed by atoms with van der Waals surface area (Å²) in [6, 6.07) is 9.84. The Bertz CT molecular complexity index is 862. The monoisotopic (exact) mass is 269 g/mol. The number of H-pyrrole nitrogens is 2. The van der Waals surface area contributed by atoms with Gasteiger partial charge in [0.25, 0.3) is 5.56 Å². The van der Waals surface area contributed by atoms with Crippen LogP contribution in [0.3, 0.4) is 0 Å². The van der Waals surface area contributed by atoms with E-state index < -0.39 is 0 Å². The second-order valence-electron chi connectivity index (χ2n) is 4.36. The lowest BCUT2D eigenvalue weighted by atomic mass is 10.0. The van der Waals surface area contributed by atoms with Crippen LogP contribution in [0.2, 0.25) is 0 Å². The van der Waals surface area contributed by atoms with E-state index in [2.05, 4.69) is 15.0 Å². The summed E-state index contributed by atoms with van der Waals surface area (Å²) < 4.78 is 0.283. The largest absolute Gasteiger partial charge is 0.316 e. The van der Waals surface area contributed by atoms with E-state index in [9.17, 15) is 4.79 Å². The fraction of sp³-hybridized carbons (Fsp3) is 0.0714. The first kappa shape index (κ1) is 11.8. The van der Waals surface area contributed by atoms with Crippen LogP contribution in [0.1, 0.15) is 5.56 Å². The summed E-state index contributed by atoms with van der Waals surface area (Å²) in [6.45, 7) is 2.03. The molecule has 0 bridgehead atoms. The van der Waals surface area contributed by atoms with E-state index in [1.807, 2.05) is 37.3 Å². The van der Waals surface area contributed by atoms with Crippen LogP contribution in [0, 0.1) is 11.7 Å². The van der Waals surface area contributed by atoms with Gasteiger partial charge in [-0.15, -0.1) is 0 Å². The van der Waals surface area contributed by atoms with Gasteiger partial charge in [0, 0.05) is 6.20 Å². The Morgan fingerprint density at radius 2 is 1.84 bits per heavy atom. The molecule has 2 heterocycles. The molecule has 3 rings (SSSR count). The number of nitrogens with zero attached hydrogens (tertiary/aromatic N) is 1. The fourth-order valence-corrected chi connectivity index (χ4v) is 2.25. The third-order valence-corrected chi connectivity index (χ3v) is 3.20. The molecule has 0 saturated carbocycles. The maximum Gasteiger partial charge on any atom is 0.261 e. The molecule has 0 unspecified atom stereocenters. The highest BCUT2D eigenvalue weighted by Gasteiger charge is 2.08. The Balaban J connectivity index is 2.39. The van der Waals surface area contributed by atoms with Crippen LogP contribution in [0.25, 0.3) is 22.2 Å². The zero-order valence-corrected chi connectivity index (χ0v) is 11.0. The first-order valence-corrected chi connectivity index (χ1v) is 6.24. The van der Waals surface area contributed by atoms with Crippen LogP contribution in [-0.2, 0) is 0 Å². The second kappa shape index (κ2) is 4.44. The van der Waals surface area contributed by atoms with Crippen LogP contribution < -0.4 is 5.56 Å². The molecule has 5 heteroatoms. The van der Waals surface area contributed by atoms with Crippen molar-refractivity contribution in [3.63, 3.8) is 0 Å². The first-order valence-electron chi connectivity index (χ1n) is 5.83. The van der Waals surface area contributed by atoms with E-state index in [0.29, 0.717) is 11.0 Å². The van der Waals surface area contributed by atoms with Gasteiger partial charge in [0.1, 0.15) is 5.65 Å². The van der Waals surface area contributed by atoms with Gasteiger partial charge in [0.05, 0.1) is 5.39 Å². The van der Waals surface area contributed by atoms with Gasteiger partial charge in [-0.2, -0.15) is 0 Å². The van der Waals surface area contributed by atoms with E-state index in [0.717, 1.165) is 11.1 Å². The van der Waals surface area contributed by atoms with Gasteiger partial charge in [0.2, 0.25) is 0 Å². The number of nitrogens with one attached hydrogen (secondary N) is 2. The lowest BCUT2D eigenvalue weighted by molar-refractivity contribution is 1.11. The lowest BCUT2D eigenvalue weighted by Crippen LogP contribution is -2.09. The van der Waals surface area contributed by atoms with Crippen LogP contribution >= 0.6 is 12.2 Å². The summed E-state index contributed by atoms with van der Waals surface area (Å²) in [4.78, 5) is 21.7. The minimum atomic E-state index is -0.220. The van der Waals surface area contributed by atoms with E-state index in [1.54, 1.807) is 6.20 Å². The fourth-order valence-electron chi connectivity index (χ4n) is 2.06. The summed E-state index contributed by atoms with van der Waals surface area (Å²) in [5.74, 6) is 0. The minimum absolute atomic E-state index is 0.220. The standard InChI is InChI=1S/C14H11N3OS/c1-8-2-4-9(5-3-8)10-6-7-15-12-11(10)13(18)17-14(19)16-12/h2-7H,1H3,(H2,15,16,17,18,19). The third kappa shape index (κ3) is 2.08. The van der Waals surface area contributed by atoms with Crippen molar-refractivity contribution < 1.29 is 0 Å². The number of hydrogen-bond acceptors (Lipinski definition) is 3. The molecule has 0 aliphatic carbocycles. The van der Waals surface area contributed by atoms with Gasteiger partial charge >= 0.3 is 0 Å². The molecule has 19 heavy (non-hydrogen) atoms. The maximum atomic E-state index is 12.1. The highest BCUT2D eigenvalue weighted by molar-refractivity contribution is 7.71. The van der Waals surface area contributed by atoms with Crippen molar-refractivity contribution in [2.24, 2.45) is 0 Å². The predicted octanol–water partition coefficient (Wildman–Crippen LogP) is 2.96. The van der Waals surface area contributed by atoms with Crippen molar-refractivity contribution in [3.05, 3.63) is 57.2 Å². The second-order valence-corrected chi connectivity index (χ2v) is 4.76. The van der Waals surface area contributed by atoms with Crippen LogP contribution in [0.5, 0.6) is 0 Å². The van der Waals surface area contributed by atoms with Crippen molar-refractivity contribution in [2.45, 2.75) is 6.92 Å². The maximum absolute atomic E-state index is 12.1. The molecule has 0 aliphatic heterocycles. The summed E-state index contributed by atoms with van der Waals surface area (Å²) in [7, 11) is 0. The molecule has 0 spiro atoms. The molecule has 0 radical (unpaired) electrons. The van der Waals surface area contributed by atoms with Crippen LogP contribution in [0.4, 0.5) is 0 Å². The normalized spacial score (nSPS) is 10.8. The van der Waals surface area contributed by atoms with E-state index >= 15 is 0 Å². The molecular weight excluding hydrogens is 258 g/mol. The number of hydrogen-bond donors (Lipinski definition) is 2. The van der Waals surface area contributed by atoms with Crippen molar-refractivity contribution in [3.8, 4) is 11.1 Å². The number of aromatic nitrogens is 3. The van der Waals surface area contributed by atoms with Gasteiger partial charge in [-0.05, 0) is 36.3 Å². The third-order valence-electron chi connectivity index (χ3n) is 3.00. The quantitative estimate of drug-likeness (QED) is 0.668. The summed E-state index contributed by atoms with van der Waals surface area (Å²) in [5.41, 5.74) is 3.29. The van der Waals surface area contributed by atoms with Crippen molar-refractivity contribution in [1.29, 1.82) is 0 Å². The highest BCUT2D eigenvalue weighted by atomic mass is 32.1. The van der Waals surface area contributed by atoms with Crippen LogP contribution in [-0.4, -0.2) is 15.0 Å². The molecule has 0 saturated heterocycles. The Morgan fingerprint density at radius 3 is 2.58 bits per heavy atom. The predicted molar refractivity (Wildman–Crippen MR) is 77.7 cm³/mol. The first-order chi connectivity index (χ1) is 9.15. The molecule has 2 aromatic heterocycles. The number of aromatic amines is 2. The Morgan fingerprint density at radius 1 is 1.11 bits per heavy atom. The molecule has 0 aliphatic rings. The average molecular weight is 269 g/mol. The lowest BCUT2D eigenvalue weighted by Gasteiger charge is -2.05. The Hall–Kier alpha value is -2.27. The zero-order chi connectivity index (χ0) is 13.4. The SMILES string of the molecule is Cc1ccc(-c2ccnc3[nH]c(=S)[nH]c(=O)c23)cc1. The smallest absolute Gasteiger partial charge is 0.261 e. The van der Waals surface area contributed by atoms with Gasteiger partial charge in [0.15, 0.2) is 4.77 Å². The number of pyridine rings is 1. The highest BCUT2D eigenvalue weighted by Crippen LogP contribution is 2.24. The number of rotatable bonds is 1. The summed E-state index contributed by atoms with van der Waals surface area (Å²) in [6.07, 6.45) is 1.67. The molecule has 4 nitrogen and oxygen atoms in total. The van der Waals surface area contributed by atoms with E-state index in [-0.39, 0.29) is 10.3 Å². The van der Waals surface area contributed by atoms with Crippen molar-refractivity contribution >= 4 is 23.3 Å². The summed E-state index contributed by atoms with van der Waals surface area (Å²) >= 11 is 4.95. The minimum Gasteiger partial charge on any atom is -0.316 e. The molecule has 0 amide bonds. The number of aryl methyl sites for hydroxylation is 1. The molecule has 2 N–H and O–H groups in total. The van der Waals surface area contributed by atoms with Gasteiger partial charge in [-0.3, -0.25) is 9.78 Å². The zero-order valence-electron chi connectivity index (χ0n) is 10.2. The molecule has 3 aromatic rings. The number of benzene rings is 1. The molecule has 94 valence electrons. The molecule has 1 aromatic carbocycles. The number of fused-ring (bicyclic) bond motifs is 1. The van der Waals surface area contributed by atoms with Gasteiger partial charge in [-0.1, -0.05) is 29.8 Å². The topological polar surface area (TPSA) is 61.5 Å². The molecule has 0 fully saturated rings. The van der Waals surface area contributed by atoms with E-state index in [1.165, 1.54) is 5.56 Å². The average Bonchev–Trinajstić information content (AvgIpc) is 2.38. The summed E-state index contributed by atoms with van der Waals surface area (Å²) in [5, 5.41) is 0.528. The van der Waals surface area contributed by atoms with Crippen molar-refractivity contribution in [2.75, 3.05) is 0 Å².